The lowest BCUT2D eigenvalue weighted by Crippen LogP contribution is -2.33. The van der Waals surface area contributed by atoms with Crippen molar-refractivity contribution in [2.45, 2.75) is 18.1 Å². The van der Waals surface area contributed by atoms with Crippen molar-refractivity contribution in [2.75, 3.05) is 6.26 Å². The van der Waals surface area contributed by atoms with E-state index in [1.54, 1.807) is 34.8 Å². The zero-order chi connectivity index (χ0) is 17.5. The quantitative estimate of drug-likeness (QED) is 0.814. The highest BCUT2D eigenvalue weighted by Crippen LogP contribution is 2.27. The topological polar surface area (TPSA) is 93.9 Å². The van der Waals surface area contributed by atoms with Crippen LogP contribution in [0, 0.1) is 0 Å². The Morgan fingerprint density at radius 1 is 1.25 bits per heavy atom. The van der Waals surface area contributed by atoms with E-state index < -0.39 is 16.1 Å². The minimum atomic E-state index is -3.43. The molecule has 124 valence electrons. The van der Waals surface area contributed by atoms with Crippen LogP contribution in [0.4, 0.5) is 0 Å². The number of rotatable bonds is 3. The Labute approximate surface area is 143 Å². The maximum atomic E-state index is 11.8. The Kier molecular flexibility index (Phi) is 4.10. The Balaban J connectivity index is 2.06. The molecule has 1 N–H and O–H groups in total. The average molecular weight is 366 g/mol. The molecule has 0 fully saturated rings. The second-order valence-electron chi connectivity index (χ2n) is 5.36. The molecule has 1 aromatic carbocycles. The summed E-state index contributed by atoms with van der Waals surface area (Å²) >= 11 is 5.97. The molecular weight excluding hydrogens is 352 g/mol. The molecule has 0 aliphatic carbocycles. The third-order valence-electron chi connectivity index (χ3n) is 3.39. The van der Waals surface area contributed by atoms with E-state index in [1.807, 2.05) is 0 Å². The highest BCUT2D eigenvalue weighted by Gasteiger charge is 2.21. The first-order valence-electron chi connectivity index (χ1n) is 6.99. The molecule has 1 atom stereocenters. The molecule has 1 aliphatic rings. The van der Waals surface area contributed by atoms with Gasteiger partial charge in [-0.15, -0.1) is 0 Å². The van der Waals surface area contributed by atoms with E-state index in [9.17, 15) is 13.2 Å². The number of nitrogens with zero attached hydrogens (tertiary/aromatic N) is 3. The predicted octanol–water partition coefficient (Wildman–Crippen LogP) is 0.783. The number of fused-ring (bicyclic) bond motifs is 1. The molecule has 1 aromatic heterocycles. The van der Waals surface area contributed by atoms with Crippen molar-refractivity contribution < 1.29 is 17.6 Å². The number of hydrogen-bond acceptors (Lipinski definition) is 5. The Morgan fingerprint density at radius 3 is 2.62 bits per heavy atom. The molecule has 0 saturated carbocycles. The van der Waals surface area contributed by atoms with E-state index in [4.69, 9.17) is 11.6 Å². The predicted molar refractivity (Wildman–Crippen MR) is 86.8 cm³/mol. The molecule has 7 nitrogen and oxygen atoms in total. The first-order valence-corrected chi connectivity index (χ1v) is 9.26. The van der Waals surface area contributed by atoms with Crippen molar-refractivity contribution in [3.8, 4) is 11.1 Å². The number of pyridine rings is 1. The normalized spacial score (nSPS) is 16.0. The first kappa shape index (κ1) is 16.5. The van der Waals surface area contributed by atoms with E-state index in [2.05, 4.69) is 15.4 Å². The highest BCUT2D eigenvalue weighted by atomic mass is 35.5. The van der Waals surface area contributed by atoms with Crippen molar-refractivity contribution in [3.05, 3.63) is 47.0 Å². The van der Waals surface area contributed by atoms with Crippen LogP contribution in [-0.2, 0) is 14.6 Å². The van der Waals surface area contributed by atoms with Gasteiger partial charge in [-0.1, -0.05) is 22.0 Å². The molecule has 9 heteroatoms. The number of benzene rings is 1. The molecule has 0 radical (unpaired) electrons. The van der Waals surface area contributed by atoms with Crippen molar-refractivity contribution in [1.29, 1.82) is 0 Å². The van der Waals surface area contributed by atoms with Gasteiger partial charge in [-0.2, -0.15) is 0 Å². The average Bonchev–Trinajstić information content (AvgIpc) is 2.86. The van der Waals surface area contributed by atoms with E-state index in [1.165, 1.54) is 13.0 Å². The maximum Gasteiger partial charge on any atom is 0.347 e. The van der Waals surface area contributed by atoms with Gasteiger partial charge >= 0.3 is 11.8 Å². The molecule has 0 bridgehead atoms. The van der Waals surface area contributed by atoms with Crippen LogP contribution in [0.1, 0.15) is 6.92 Å². The van der Waals surface area contributed by atoms with E-state index in [0.29, 0.717) is 11.1 Å². The Hall–Kier alpha value is -2.32. The standard InChI is InChI=1S/C15H13ClN4O3S/c1-9(21)17-15-18-14-6-4-11(8-20(14)19-15)10-3-5-12(16)13(7-10)24(2,22)23/h3-8,15H,1-2H3/p+1. The van der Waals surface area contributed by atoms with Gasteiger partial charge in [0.15, 0.2) is 9.84 Å². The summed E-state index contributed by atoms with van der Waals surface area (Å²) in [4.78, 5) is 15.4. The minimum Gasteiger partial charge on any atom is -0.293 e. The molecule has 0 spiro atoms. The fraction of sp³-hybridized carbons (Fsp3) is 0.200. The molecule has 3 rings (SSSR count). The summed E-state index contributed by atoms with van der Waals surface area (Å²) in [6.45, 7) is 1.39. The summed E-state index contributed by atoms with van der Waals surface area (Å²) in [5.74, 6) is -0.225. The van der Waals surface area contributed by atoms with Gasteiger partial charge in [-0.05, 0) is 33.9 Å². The van der Waals surface area contributed by atoms with Gasteiger partial charge < -0.3 is 0 Å². The molecule has 24 heavy (non-hydrogen) atoms. The number of carbonyl (C=O) groups excluding carboxylic acids is 1. The first-order chi connectivity index (χ1) is 11.2. The largest absolute Gasteiger partial charge is 0.347 e. The van der Waals surface area contributed by atoms with Gasteiger partial charge in [-0.25, -0.2) is 8.42 Å². The molecule has 1 aliphatic heterocycles. The lowest BCUT2D eigenvalue weighted by molar-refractivity contribution is -0.559. The molecule has 0 saturated heterocycles. The van der Waals surface area contributed by atoms with Gasteiger partial charge in [0.1, 0.15) is 6.20 Å². The zero-order valence-electron chi connectivity index (χ0n) is 12.9. The van der Waals surface area contributed by atoms with Gasteiger partial charge in [0, 0.05) is 24.8 Å². The number of amides is 1. The van der Waals surface area contributed by atoms with Crippen LogP contribution in [0.5, 0.6) is 0 Å². The van der Waals surface area contributed by atoms with Gasteiger partial charge in [0.25, 0.3) is 0 Å². The van der Waals surface area contributed by atoms with Crippen LogP contribution in [0.2, 0.25) is 5.02 Å². The Bertz CT molecular complexity index is 1070. The lowest BCUT2D eigenvalue weighted by Gasteiger charge is -2.05. The minimum absolute atomic E-state index is 0.0740. The van der Waals surface area contributed by atoms with Crippen molar-refractivity contribution in [2.24, 2.45) is 10.1 Å². The third kappa shape index (κ3) is 3.29. The number of nitrogens with one attached hydrogen (secondary N) is 1. The molecule has 2 aromatic rings. The van der Waals surface area contributed by atoms with Gasteiger partial charge in [0.05, 0.1) is 9.92 Å². The van der Waals surface area contributed by atoms with Crippen molar-refractivity contribution in [3.63, 3.8) is 0 Å². The summed E-state index contributed by atoms with van der Waals surface area (Å²) in [6, 6.07) is 8.35. The fourth-order valence-electron chi connectivity index (χ4n) is 2.33. The van der Waals surface area contributed by atoms with Crippen LogP contribution in [0.15, 0.2) is 51.5 Å². The molecule has 1 unspecified atom stereocenters. The third-order valence-corrected chi connectivity index (χ3v) is 4.97. The number of carbonyl (C=O) groups is 1. The summed E-state index contributed by atoms with van der Waals surface area (Å²) < 4.78 is 25.2. The van der Waals surface area contributed by atoms with Crippen LogP contribution >= 0.6 is 11.6 Å². The molecular formula is C15H14ClN4O3S+. The molecule has 1 amide bonds. The van der Waals surface area contributed by atoms with Crippen molar-refractivity contribution in [1.82, 2.24) is 5.32 Å². The van der Waals surface area contributed by atoms with Crippen molar-refractivity contribution >= 4 is 27.3 Å². The van der Waals surface area contributed by atoms with Gasteiger partial charge in [-0.3, -0.25) is 10.1 Å². The number of aromatic nitrogens is 1. The highest BCUT2D eigenvalue weighted by molar-refractivity contribution is 7.90. The van der Waals surface area contributed by atoms with Gasteiger partial charge in [0.2, 0.25) is 5.91 Å². The summed E-state index contributed by atoms with van der Waals surface area (Å²) in [5, 5.41) is 7.02. The molecule has 2 heterocycles. The maximum absolute atomic E-state index is 11.8. The monoisotopic (exact) mass is 365 g/mol. The second-order valence-corrected chi connectivity index (χ2v) is 7.75. The van der Waals surface area contributed by atoms with Crippen LogP contribution in [0.25, 0.3) is 11.1 Å². The summed E-state index contributed by atoms with van der Waals surface area (Å²) in [6.07, 6.45) is 2.17. The summed E-state index contributed by atoms with van der Waals surface area (Å²) in [7, 11) is -3.43. The smallest absolute Gasteiger partial charge is 0.293 e. The Morgan fingerprint density at radius 2 is 1.96 bits per heavy atom. The van der Waals surface area contributed by atoms with E-state index >= 15 is 0 Å². The van der Waals surface area contributed by atoms with E-state index in [0.717, 1.165) is 11.8 Å². The summed E-state index contributed by atoms with van der Waals surface area (Å²) in [5.41, 5.74) is 2.03. The number of hydrogen-bond donors (Lipinski definition) is 1. The lowest BCUT2D eigenvalue weighted by atomic mass is 10.1. The SMILES string of the molecule is CC(=O)NC1N=c2ccc(-c3ccc(Cl)c(S(C)(=O)=O)c3)c[n+]2=N1. The van der Waals surface area contributed by atoms with Crippen LogP contribution < -0.4 is 15.2 Å². The number of halogens is 1. The number of sulfone groups is 1. The zero-order valence-corrected chi connectivity index (χ0v) is 14.5. The van der Waals surface area contributed by atoms with E-state index in [-0.39, 0.29) is 15.8 Å². The van der Waals surface area contributed by atoms with Crippen LogP contribution in [-0.4, -0.2) is 26.9 Å². The fourth-order valence-corrected chi connectivity index (χ4v) is 3.63. The second kappa shape index (κ2) is 5.95. The van der Waals surface area contributed by atoms with Crippen LogP contribution in [0.3, 0.4) is 0 Å².